The van der Waals surface area contributed by atoms with Crippen molar-refractivity contribution in [1.29, 1.82) is 0 Å². The number of benzene rings is 1. The molecular weight excluding hydrogens is 300 g/mol. The Kier molecular flexibility index (Phi) is 6.09. The molecule has 1 N–H and O–H groups in total. The zero-order chi connectivity index (χ0) is 15.2. The molecule has 2 rings (SSSR count). The Morgan fingerprint density at radius 1 is 1.19 bits per heavy atom. The maximum atomic E-state index is 5.90. The number of rotatable bonds is 6. The molecule has 112 valence electrons. The predicted molar refractivity (Wildman–Crippen MR) is 92.0 cm³/mol. The second-order valence-electron chi connectivity index (χ2n) is 5.42. The molecule has 1 aromatic heterocycles. The average Bonchev–Trinajstić information content (AvgIpc) is 2.46. The maximum Gasteiger partial charge on any atom is 0.0992 e. The van der Waals surface area contributed by atoms with E-state index in [4.69, 9.17) is 11.6 Å². The summed E-state index contributed by atoms with van der Waals surface area (Å²) in [4.78, 5) is 4.59. The minimum Gasteiger partial charge on any atom is -0.310 e. The highest BCUT2D eigenvalue weighted by Gasteiger charge is 2.04. The van der Waals surface area contributed by atoms with E-state index < -0.39 is 0 Å². The second-order valence-corrected chi connectivity index (χ2v) is 6.82. The third kappa shape index (κ3) is 5.34. The van der Waals surface area contributed by atoms with Crippen LogP contribution in [0.2, 0.25) is 5.02 Å². The van der Waals surface area contributed by atoms with E-state index >= 15 is 0 Å². The molecular formula is C17H21ClN2S. The molecule has 1 heterocycles. The van der Waals surface area contributed by atoms with E-state index in [-0.39, 0.29) is 0 Å². The standard InChI is InChI=1S/C17H21ClN2S/c1-12(2)19-9-15-8-13(3)17(20-10-15)21-11-14-4-6-16(18)7-5-14/h4-8,10,12,19H,9,11H2,1-3H3. The van der Waals surface area contributed by atoms with Crippen LogP contribution in [0, 0.1) is 6.92 Å². The van der Waals surface area contributed by atoms with Gasteiger partial charge < -0.3 is 5.32 Å². The molecule has 0 aliphatic carbocycles. The first kappa shape index (κ1) is 16.3. The van der Waals surface area contributed by atoms with Gasteiger partial charge >= 0.3 is 0 Å². The molecule has 0 atom stereocenters. The molecule has 0 saturated carbocycles. The van der Waals surface area contributed by atoms with Crippen molar-refractivity contribution in [3.63, 3.8) is 0 Å². The number of hydrogen-bond acceptors (Lipinski definition) is 3. The van der Waals surface area contributed by atoms with E-state index in [0.717, 1.165) is 22.3 Å². The number of nitrogens with one attached hydrogen (secondary N) is 1. The van der Waals surface area contributed by atoms with E-state index in [2.05, 4.69) is 49.3 Å². The predicted octanol–water partition coefficient (Wildman–Crippen LogP) is 4.83. The lowest BCUT2D eigenvalue weighted by Gasteiger charge is -2.10. The molecule has 0 fully saturated rings. The molecule has 0 bridgehead atoms. The minimum absolute atomic E-state index is 0.490. The van der Waals surface area contributed by atoms with Gasteiger partial charge in [0.15, 0.2) is 0 Å². The molecule has 0 aliphatic heterocycles. The fourth-order valence-corrected chi connectivity index (χ4v) is 2.96. The van der Waals surface area contributed by atoms with Crippen molar-refractivity contribution in [3.05, 3.63) is 58.2 Å². The lowest BCUT2D eigenvalue weighted by molar-refractivity contribution is 0.587. The fraction of sp³-hybridized carbons (Fsp3) is 0.353. The molecule has 0 radical (unpaired) electrons. The summed E-state index contributed by atoms with van der Waals surface area (Å²) >= 11 is 7.66. The average molecular weight is 321 g/mol. The van der Waals surface area contributed by atoms with Gasteiger partial charge in [0.05, 0.1) is 5.03 Å². The Bertz CT molecular complexity index is 582. The molecule has 0 amide bonds. The molecule has 1 aromatic carbocycles. The number of halogens is 1. The van der Waals surface area contributed by atoms with Crippen LogP contribution in [-0.2, 0) is 12.3 Å². The number of pyridine rings is 1. The van der Waals surface area contributed by atoms with E-state index in [9.17, 15) is 0 Å². The summed E-state index contributed by atoms with van der Waals surface area (Å²) < 4.78 is 0. The van der Waals surface area contributed by atoms with Gasteiger partial charge in [0, 0.05) is 29.6 Å². The van der Waals surface area contributed by atoms with Crippen LogP contribution in [-0.4, -0.2) is 11.0 Å². The van der Waals surface area contributed by atoms with Crippen LogP contribution in [0.4, 0.5) is 0 Å². The first-order valence-electron chi connectivity index (χ1n) is 7.11. The smallest absolute Gasteiger partial charge is 0.0992 e. The van der Waals surface area contributed by atoms with Gasteiger partial charge in [-0.15, -0.1) is 11.8 Å². The molecule has 21 heavy (non-hydrogen) atoms. The SMILES string of the molecule is Cc1cc(CNC(C)C)cnc1SCc1ccc(Cl)cc1. The van der Waals surface area contributed by atoms with Crippen molar-refractivity contribution in [2.24, 2.45) is 0 Å². The number of hydrogen-bond donors (Lipinski definition) is 1. The largest absolute Gasteiger partial charge is 0.310 e. The first-order valence-corrected chi connectivity index (χ1v) is 8.47. The van der Waals surface area contributed by atoms with Crippen LogP contribution in [0.15, 0.2) is 41.6 Å². The summed E-state index contributed by atoms with van der Waals surface area (Å²) in [7, 11) is 0. The number of aryl methyl sites for hydroxylation is 1. The summed E-state index contributed by atoms with van der Waals surface area (Å²) in [6.45, 7) is 7.29. The molecule has 2 aromatic rings. The van der Waals surface area contributed by atoms with Gasteiger partial charge in [-0.05, 0) is 35.7 Å². The Hall–Kier alpha value is -1.03. The third-order valence-electron chi connectivity index (χ3n) is 3.09. The Labute approximate surface area is 136 Å². The van der Waals surface area contributed by atoms with Crippen LogP contribution in [0.1, 0.15) is 30.5 Å². The van der Waals surface area contributed by atoms with E-state index in [1.54, 1.807) is 11.8 Å². The topological polar surface area (TPSA) is 24.9 Å². The molecule has 0 unspecified atom stereocenters. The number of nitrogens with zero attached hydrogens (tertiary/aromatic N) is 1. The quantitative estimate of drug-likeness (QED) is 0.771. The Morgan fingerprint density at radius 2 is 1.90 bits per heavy atom. The maximum absolute atomic E-state index is 5.90. The minimum atomic E-state index is 0.490. The van der Waals surface area contributed by atoms with E-state index in [1.807, 2.05) is 18.3 Å². The molecule has 0 spiro atoms. The van der Waals surface area contributed by atoms with Crippen molar-refractivity contribution >= 4 is 23.4 Å². The highest BCUT2D eigenvalue weighted by Crippen LogP contribution is 2.25. The van der Waals surface area contributed by atoms with Crippen molar-refractivity contribution in [3.8, 4) is 0 Å². The Balaban J connectivity index is 1.95. The molecule has 4 heteroatoms. The van der Waals surface area contributed by atoms with Gasteiger partial charge in [0.25, 0.3) is 0 Å². The lowest BCUT2D eigenvalue weighted by atomic mass is 10.2. The molecule has 0 aliphatic rings. The van der Waals surface area contributed by atoms with Crippen LogP contribution in [0.25, 0.3) is 0 Å². The van der Waals surface area contributed by atoms with Gasteiger partial charge in [0.1, 0.15) is 0 Å². The lowest BCUT2D eigenvalue weighted by Crippen LogP contribution is -2.21. The van der Waals surface area contributed by atoms with Gasteiger partial charge in [-0.2, -0.15) is 0 Å². The molecule has 2 nitrogen and oxygen atoms in total. The fourth-order valence-electron chi connectivity index (χ4n) is 1.92. The Morgan fingerprint density at radius 3 is 2.52 bits per heavy atom. The van der Waals surface area contributed by atoms with Crippen LogP contribution < -0.4 is 5.32 Å². The third-order valence-corrected chi connectivity index (χ3v) is 4.52. The normalized spacial score (nSPS) is 11.1. The van der Waals surface area contributed by atoms with Gasteiger partial charge in [-0.3, -0.25) is 0 Å². The second kappa shape index (κ2) is 7.83. The van der Waals surface area contributed by atoms with Crippen molar-refractivity contribution in [1.82, 2.24) is 10.3 Å². The van der Waals surface area contributed by atoms with E-state index in [0.29, 0.717) is 6.04 Å². The highest BCUT2D eigenvalue weighted by atomic mass is 35.5. The number of aromatic nitrogens is 1. The zero-order valence-electron chi connectivity index (χ0n) is 12.7. The number of thioether (sulfide) groups is 1. The van der Waals surface area contributed by atoms with Gasteiger partial charge in [-0.1, -0.05) is 43.6 Å². The summed E-state index contributed by atoms with van der Waals surface area (Å²) in [5.74, 6) is 0.911. The van der Waals surface area contributed by atoms with Crippen molar-refractivity contribution in [2.75, 3.05) is 0 Å². The van der Waals surface area contributed by atoms with Crippen LogP contribution in [0.5, 0.6) is 0 Å². The molecule has 0 saturated heterocycles. The van der Waals surface area contributed by atoms with Crippen LogP contribution in [0.3, 0.4) is 0 Å². The van der Waals surface area contributed by atoms with E-state index in [1.165, 1.54) is 16.7 Å². The monoisotopic (exact) mass is 320 g/mol. The highest BCUT2D eigenvalue weighted by molar-refractivity contribution is 7.98. The summed E-state index contributed by atoms with van der Waals surface area (Å²) in [6, 6.07) is 10.7. The summed E-state index contributed by atoms with van der Waals surface area (Å²) in [5.41, 5.74) is 3.73. The summed E-state index contributed by atoms with van der Waals surface area (Å²) in [5, 5.41) is 5.29. The zero-order valence-corrected chi connectivity index (χ0v) is 14.3. The van der Waals surface area contributed by atoms with Gasteiger partial charge in [0.2, 0.25) is 0 Å². The van der Waals surface area contributed by atoms with Gasteiger partial charge in [-0.25, -0.2) is 4.98 Å². The first-order chi connectivity index (χ1) is 10.0. The van der Waals surface area contributed by atoms with Crippen molar-refractivity contribution < 1.29 is 0 Å². The van der Waals surface area contributed by atoms with Crippen molar-refractivity contribution in [2.45, 2.75) is 44.1 Å². The summed E-state index contributed by atoms with van der Waals surface area (Å²) in [6.07, 6.45) is 1.96. The van der Waals surface area contributed by atoms with Crippen LogP contribution >= 0.6 is 23.4 Å².